The van der Waals surface area contributed by atoms with Crippen molar-refractivity contribution in [2.75, 3.05) is 5.73 Å². The molecule has 0 radical (unpaired) electrons. The number of benzene rings is 1. The molecule has 1 heterocycles. The van der Waals surface area contributed by atoms with E-state index in [2.05, 4.69) is 38.1 Å². The van der Waals surface area contributed by atoms with Crippen LogP contribution < -0.4 is 11.3 Å². The van der Waals surface area contributed by atoms with Crippen LogP contribution in [0, 0.1) is 0 Å². The summed E-state index contributed by atoms with van der Waals surface area (Å²) in [7, 11) is 0. The van der Waals surface area contributed by atoms with Gasteiger partial charge in [0.1, 0.15) is 0 Å². The third kappa shape index (κ3) is 2.68. The first-order chi connectivity index (χ1) is 10.6. The van der Waals surface area contributed by atoms with Crippen LogP contribution in [0.1, 0.15) is 57.1 Å². The van der Waals surface area contributed by atoms with Crippen molar-refractivity contribution >= 4 is 5.69 Å². The quantitative estimate of drug-likeness (QED) is 0.916. The Morgan fingerprint density at radius 2 is 1.68 bits per heavy atom. The van der Waals surface area contributed by atoms with Crippen LogP contribution in [-0.2, 0) is 0 Å². The Balaban J connectivity index is 2.10. The van der Waals surface area contributed by atoms with Gasteiger partial charge in [0, 0.05) is 6.04 Å². The van der Waals surface area contributed by atoms with Gasteiger partial charge in [-0.3, -0.25) is 4.79 Å². The summed E-state index contributed by atoms with van der Waals surface area (Å²) in [5.41, 5.74) is 9.56. The van der Waals surface area contributed by atoms with E-state index in [1.165, 1.54) is 18.4 Å². The number of nitrogens with two attached hydrogens (primary N) is 1. The molecular weight excluding hydrogens is 272 g/mol. The summed E-state index contributed by atoms with van der Waals surface area (Å²) in [5, 5.41) is 0. The van der Waals surface area contributed by atoms with Gasteiger partial charge in [-0.1, -0.05) is 51.0 Å². The standard InChI is InChI=1S/C19H24N2O/c1-13(2)14-7-9-15(10-8-14)18-12-11-17(20)19(22)21(18)16-5-3-4-6-16/h7-13,16H,3-6,20H2,1-2H3. The third-order valence-corrected chi connectivity index (χ3v) is 4.71. The van der Waals surface area contributed by atoms with Crippen molar-refractivity contribution in [3.05, 3.63) is 52.3 Å². The third-order valence-electron chi connectivity index (χ3n) is 4.71. The summed E-state index contributed by atoms with van der Waals surface area (Å²) in [6, 6.07) is 12.5. The van der Waals surface area contributed by atoms with E-state index in [-0.39, 0.29) is 11.6 Å². The molecule has 3 heteroatoms. The van der Waals surface area contributed by atoms with E-state index >= 15 is 0 Å². The average molecular weight is 296 g/mol. The van der Waals surface area contributed by atoms with E-state index in [1.54, 1.807) is 6.07 Å². The fourth-order valence-electron chi connectivity index (χ4n) is 3.37. The van der Waals surface area contributed by atoms with Crippen molar-refractivity contribution in [1.29, 1.82) is 0 Å². The summed E-state index contributed by atoms with van der Waals surface area (Å²) >= 11 is 0. The van der Waals surface area contributed by atoms with Crippen molar-refractivity contribution in [2.24, 2.45) is 0 Å². The summed E-state index contributed by atoms with van der Waals surface area (Å²) in [6.07, 6.45) is 4.52. The lowest BCUT2D eigenvalue weighted by atomic mass is 10.00. The predicted molar refractivity (Wildman–Crippen MR) is 92.1 cm³/mol. The fraction of sp³-hybridized carbons (Fsp3) is 0.421. The molecule has 2 aromatic rings. The van der Waals surface area contributed by atoms with Crippen molar-refractivity contribution in [3.8, 4) is 11.3 Å². The Hall–Kier alpha value is -2.03. The number of anilines is 1. The molecule has 116 valence electrons. The molecule has 0 amide bonds. The van der Waals surface area contributed by atoms with Crippen molar-refractivity contribution in [3.63, 3.8) is 0 Å². The lowest BCUT2D eigenvalue weighted by Gasteiger charge is -2.20. The Labute approximate surface area is 131 Å². The second-order valence-electron chi connectivity index (χ2n) is 6.56. The molecule has 1 saturated carbocycles. The number of pyridine rings is 1. The van der Waals surface area contributed by atoms with Gasteiger partial charge in [0.15, 0.2) is 0 Å². The highest BCUT2D eigenvalue weighted by atomic mass is 16.1. The van der Waals surface area contributed by atoms with Crippen LogP contribution in [0.2, 0.25) is 0 Å². The Kier molecular flexibility index (Phi) is 4.06. The second-order valence-corrected chi connectivity index (χ2v) is 6.56. The predicted octanol–water partition coefficient (Wildman–Crippen LogP) is 4.34. The maximum absolute atomic E-state index is 12.6. The number of nitrogen functional groups attached to an aromatic ring is 1. The molecule has 0 atom stereocenters. The van der Waals surface area contributed by atoms with E-state index in [0.717, 1.165) is 24.1 Å². The summed E-state index contributed by atoms with van der Waals surface area (Å²) in [6.45, 7) is 4.37. The first-order valence-electron chi connectivity index (χ1n) is 8.19. The molecule has 1 aromatic carbocycles. The Morgan fingerprint density at radius 3 is 2.27 bits per heavy atom. The lowest BCUT2D eigenvalue weighted by molar-refractivity contribution is 0.509. The van der Waals surface area contributed by atoms with E-state index in [9.17, 15) is 4.79 Å². The minimum Gasteiger partial charge on any atom is -0.394 e. The van der Waals surface area contributed by atoms with Gasteiger partial charge in [-0.2, -0.15) is 0 Å². The Bertz CT molecular complexity index is 707. The maximum Gasteiger partial charge on any atom is 0.274 e. The molecule has 0 spiro atoms. The van der Waals surface area contributed by atoms with Gasteiger partial charge in [-0.25, -0.2) is 0 Å². The molecule has 3 nitrogen and oxygen atoms in total. The van der Waals surface area contributed by atoms with Crippen LogP contribution in [0.5, 0.6) is 0 Å². The summed E-state index contributed by atoms with van der Waals surface area (Å²) in [5.74, 6) is 0.512. The highest BCUT2D eigenvalue weighted by molar-refractivity contribution is 5.62. The number of hydrogen-bond donors (Lipinski definition) is 1. The van der Waals surface area contributed by atoms with Gasteiger partial charge in [-0.05, 0) is 42.0 Å². The second kappa shape index (κ2) is 5.99. The normalized spacial score (nSPS) is 15.6. The zero-order chi connectivity index (χ0) is 15.7. The zero-order valence-corrected chi connectivity index (χ0v) is 13.4. The largest absolute Gasteiger partial charge is 0.394 e. The van der Waals surface area contributed by atoms with Gasteiger partial charge >= 0.3 is 0 Å². The minimum atomic E-state index is -0.0441. The van der Waals surface area contributed by atoms with E-state index in [0.29, 0.717) is 11.6 Å². The number of hydrogen-bond acceptors (Lipinski definition) is 2. The van der Waals surface area contributed by atoms with E-state index < -0.39 is 0 Å². The number of aromatic nitrogens is 1. The number of rotatable bonds is 3. The number of nitrogens with zero attached hydrogens (tertiary/aromatic N) is 1. The van der Waals surface area contributed by atoms with Crippen molar-refractivity contribution in [2.45, 2.75) is 51.5 Å². The topological polar surface area (TPSA) is 48.0 Å². The molecule has 22 heavy (non-hydrogen) atoms. The molecule has 0 unspecified atom stereocenters. The highest BCUT2D eigenvalue weighted by Crippen LogP contribution is 2.33. The van der Waals surface area contributed by atoms with Crippen molar-refractivity contribution < 1.29 is 0 Å². The maximum atomic E-state index is 12.6. The average Bonchev–Trinajstić information content (AvgIpc) is 3.04. The molecule has 2 N–H and O–H groups in total. The van der Waals surface area contributed by atoms with E-state index in [4.69, 9.17) is 5.73 Å². The van der Waals surface area contributed by atoms with Crippen LogP contribution in [0.25, 0.3) is 11.3 Å². The Morgan fingerprint density at radius 1 is 1.05 bits per heavy atom. The minimum absolute atomic E-state index is 0.0441. The molecule has 1 fully saturated rings. The SMILES string of the molecule is CC(C)c1ccc(-c2ccc(N)c(=O)n2C2CCCC2)cc1. The zero-order valence-electron chi connectivity index (χ0n) is 13.4. The molecule has 1 aliphatic carbocycles. The van der Waals surface area contributed by atoms with Crippen LogP contribution >= 0.6 is 0 Å². The molecule has 0 aliphatic heterocycles. The molecule has 0 saturated heterocycles. The van der Waals surface area contributed by atoms with Gasteiger partial charge < -0.3 is 10.3 Å². The summed E-state index contributed by atoms with van der Waals surface area (Å²) in [4.78, 5) is 12.6. The monoisotopic (exact) mass is 296 g/mol. The fourth-order valence-corrected chi connectivity index (χ4v) is 3.37. The van der Waals surface area contributed by atoms with Gasteiger partial charge in [0.2, 0.25) is 0 Å². The van der Waals surface area contributed by atoms with Crippen LogP contribution in [0.3, 0.4) is 0 Å². The van der Waals surface area contributed by atoms with Crippen molar-refractivity contribution in [1.82, 2.24) is 4.57 Å². The summed E-state index contributed by atoms with van der Waals surface area (Å²) < 4.78 is 1.92. The van der Waals surface area contributed by atoms with E-state index in [1.807, 2.05) is 10.6 Å². The first-order valence-corrected chi connectivity index (χ1v) is 8.19. The van der Waals surface area contributed by atoms with Gasteiger partial charge in [0.05, 0.1) is 11.4 Å². The van der Waals surface area contributed by atoms with Crippen LogP contribution in [-0.4, -0.2) is 4.57 Å². The van der Waals surface area contributed by atoms with Gasteiger partial charge in [0.25, 0.3) is 5.56 Å². The first kappa shape index (κ1) is 14.9. The van der Waals surface area contributed by atoms with Gasteiger partial charge in [-0.15, -0.1) is 0 Å². The van der Waals surface area contributed by atoms with Crippen LogP contribution in [0.15, 0.2) is 41.2 Å². The smallest absolute Gasteiger partial charge is 0.274 e. The van der Waals surface area contributed by atoms with Crippen LogP contribution in [0.4, 0.5) is 5.69 Å². The highest BCUT2D eigenvalue weighted by Gasteiger charge is 2.21. The molecular formula is C19H24N2O. The lowest BCUT2D eigenvalue weighted by Crippen LogP contribution is -2.27. The molecule has 0 bridgehead atoms. The molecule has 1 aromatic heterocycles. The molecule has 1 aliphatic rings. The molecule has 3 rings (SSSR count).